The van der Waals surface area contributed by atoms with Crippen LogP contribution in [0.1, 0.15) is 25.5 Å². The van der Waals surface area contributed by atoms with Gasteiger partial charge in [0.15, 0.2) is 11.2 Å². The minimum atomic E-state index is -0.585. The molecular weight excluding hydrogens is 260 g/mol. The first-order valence-electron chi connectivity index (χ1n) is 6.21. The van der Waals surface area contributed by atoms with Crippen molar-refractivity contribution in [3.8, 4) is 0 Å². The molecule has 4 nitrogen and oxygen atoms in total. The largest absolute Gasteiger partial charge is 0.467 e. The molecule has 0 bridgehead atoms. The van der Waals surface area contributed by atoms with Gasteiger partial charge in [-0.25, -0.2) is 4.79 Å². The van der Waals surface area contributed by atoms with Crippen LogP contribution in [0.15, 0.2) is 30.3 Å². The first-order chi connectivity index (χ1) is 9.04. The number of esters is 1. The van der Waals surface area contributed by atoms with Crippen molar-refractivity contribution in [3.63, 3.8) is 0 Å². The lowest BCUT2D eigenvalue weighted by Gasteiger charge is -2.19. The van der Waals surface area contributed by atoms with Crippen molar-refractivity contribution in [3.05, 3.63) is 35.9 Å². The SMILES string of the molecule is COC(=O)C(NC(=S)NCC(C)C)c1ccccc1. The van der Waals surface area contributed by atoms with Crippen LogP contribution in [0.5, 0.6) is 0 Å². The van der Waals surface area contributed by atoms with E-state index in [0.29, 0.717) is 11.0 Å². The number of rotatable bonds is 5. The van der Waals surface area contributed by atoms with Gasteiger partial charge in [-0.3, -0.25) is 0 Å². The molecule has 0 saturated carbocycles. The quantitative estimate of drug-likeness (QED) is 0.638. The summed E-state index contributed by atoms with van der Waals surface area (Å²) in [4.78, 5) is 11.8. The Hall–Kier alpha value is -1.62. The number of hydrogen-bond acceptors (Lipinski definition) is 3. The molecule has 104 valence electrons. The summed E-state index contributed by atoms with van der Waals surface area (Å²) in [5.74, 6) is 0.118. The highest BCUT2D eigenvalue weighted by Crippen LogP contribution is 2.13. The van der Waals surface area contributed by atoms with Gasteiger partial charge in [0.1, 0.15) is 0 Å². The molecule has 0 aromatic heterocycles. The van der Waals surface area contributed by atoms with Crippen molar-refractivity contribution >= 4 is 23.3 Å². The Morgan fingerprint density at radius 1 is 1.32 bits per heavy atom. The fourth-order valence-corrected chi connectivity index (χ4v) is 1.72. The summed E-state index contributed by atoms with van der Waals surface area (Å²) in [6.45, 7) is 4.93. The van der Waals surface area contributed by atoms with Gasteiger partial charge in [0.25, 0.3) is 0 Å². The van der Waals surface area contributed by atoms with Crippen LogP contribution in [0.2, 0.25) is 0 Å². The van der Waals surface area contributed by atoms with Crippen LogP contribution in [0, 0.1) is 5.92 Å². The van der Waals surface area contributed by atoms with Crippen LogP contribution >= 0.6 is 12.2 Å². The molecule has 1 unspecified atom stereocenters. The molecule has 0 aliphatic carbocycles. The second kappa shape index (κ2) is 7.74. The molecule has 0 amide bonds. The Kier molecular flexibility index (Phi) is 6.29. The van der Waals surface area contributed by atoms with Crippen molar-refractivity contribution in [1.82, 2.24) is 10.6 Å². The van der Waals surface area contributed by atoms with Crippen LogP contribution < -0.4 is 10.6 Å². The highest BCUT2D eigenvalue weighted by Gasteiger charge is 2.21. The third-order valence-corrected chi connectivity index (χ3v) is 2.78. The standard InChI is InChI=1S/C14H20N2O2S/c1-10(2)9-15-14(19)16-12(13(17)18-3)11-7-5-4-6-8-11/h4-8,10,12H,9H2,1-3H3,(H2,15,16,19). The van der Waals surface area contributed by atoms with Crippen molar-refractivity contribution in [1.29, 1.82) is 0 Å². The predicted octanol–water partition coefficient (Wildman–Crippen LogP) is 2.02. The number of methoxy groups -OCH3 is 1. The summed E-state index contributed by atoms with van der Waals surface area (Å²) in [6.07, 6.45) is 0. The molecule has 0 aliphatic rings. The second-order valence-electron chi connectivity index (χ2n) is 4.62. The molecule has 1 aromatic carbocycles. The monoisotopic (exact) mass is 280 g/mol. The molecule has 1 rings (SSSR count). The maximum absolute atomic E-state index is 11.8. The maximum atomic E-state index is 11.8. The Labute approximate surface area is 119 Å². The molecule has 1 aromatic rings. The number of ether oxygens (including phenoxy) is 1. The summed E-state index contributed by atoms with van der Waals surface area (Å²) >= 11 is 5.19. The van der Waals surface area contributed by atoms with Gasteiger partial charge in [-0.2, -0.15) is 0 Å². The summed E-state index contributed by atoms with van der Waals surface area (Å²) in [6, 6.07) is 8.78. The molecule has 0 saturated heterocycles. The Morgan fingerprint density at radius 2 is 1.95 bits per heavy atom. The van der Waals surface area contributed by atoms with Crippen LogP contribution in [0.3, 0.4) is 0 Å². The van der Waals surface area contributed by atoms with E-state index in [1.54, 1.807) is 0 Å². The third-order valence-electron chi connectivity index (χ3n) is 2.52. The van der Waals surface area contributed by atoms with E-state index >= 15 is 0 Å². The molecule has 2 N–H and O–H groups in total. The molecule has 0 fully saturated rings. The number of benzene rings is 1. The first kappa shape index (κ1) is 15.4. The van der Waals surface area contributed by atoms with Gasteiger partial charge < -0.3 is 15.4 Å². The Bertz CT molecular complexity index is 421. The van der Waals surface area contributed by atoms with Crippen molar-refractivity contribution in [2.75, 3.05) is 13.7 Å². The highest BCUT2D eigenvalue weighted by molar-refractivity contribution is 7.80. The van der Waals surface area contributed by atoms with E-state index in [0.717, 1.165) is 12.1 Å². The Morgan fingerprint density at radius 3 is 2.47 bits per heavy atom. The van der Waals surface area contributed by atoms with Crippen molar-refractivity contribution in [2.24, 2.45) is 5.92 Å². The molecular formula is C14H20N2O2S. The lowest BCUT2D eigenvalue weighted by molar-refractivity contribution is -0.142. The zero-order valence-electron chi connectivity index (χ0n) is 11.5. The van der Waals surface area contributed by atoms with E-state index in [2.05, 4.69) is 24.5 Å². The lowest BCUT2D eigenvalue weighted by Crippen LogP contribution is -2.42. The topological polar surface area (TPSA) is 50.4 Å². The van der Waals surface area contributed by atoms with Gasteiger partial charge in [-0.15, -0.1) is 0 Å². The summed E-state index contributed by atoms with van der Waals surface area (Å²) in [5.41, 5.74) is 0.822. The maximum Gasteiger partial charge on any atom is 0.333 e. The lowest BCUT2D eigenvalue weighted by atomic mass is 10.1. The molecule has 19 heavy (non-hydrogen) atoms. The minimum absolute atomic E-state index is 0.361. The van der Waals surface area contributed by atoms with Crippen molar-refractivity contribution in [2.45, 2.75) is 19.9 Å². The van der Waals surface area contributed by atoms with Crippen LogP contribution in [0.25, 0.3) is 0 Å². The van der Waals surface area contributed by atoms with Gasteiger partial charge in [0, 0.05) is 6.54 Å². The molecule has 0 radical (unpaired) electrons. The molecule has 0 heterocycles. The van der Waals surface area contributed by atoms with Crippen LogP contribution in [-0.2, 0) is 9.53 Å². The van der Waals surface area contributed by atoms with Crippen LogP contribution in [-0.4, -0.2) is 24.7 Å². The molecule has 0 spiro atoms. The average molecular weight is 280 g/mol. The normalized spacial score (nSPS) is 11.8. The molecule has 0 aliphatic heterocycles. The number of carbonyl (C=O) groups is 1. The summed E-state index contributed by atoms with van der Waals surface area (Å²) in [7, 11) is 1.37. The van der Waals surface area contributed by atoms with E-state index < -0.39 is 6.04 Å². The van der Waals surface area contributed by atoms with Gasteiger partial charge in [0.2, 0.25) is 0 Å². The number of carbonyl (C=O) groups excluding carboxylic acids is 1. The summed E-state index contributed by atoms with van der Waals surface area (Å²) in [5, 5.41) is 6.51. The predicted molar refractivity (Wildman–Crippen MR) is 79.8 cm³/mol. The fourth-order valence-electron chi connectivity index (χ4n) is 1.52. The van der Waals surface area contributed by atoms with Gasteiger partial charge in [0.05, 0.1) is 7.11 Å². The van der Waals surface area contributed by atoms with Gasteiger partial charge >= 0.3 is 5.97 Å². The highest BCUT2D eigenvalue weighted by atomic mass is 32.1. The first-order valence-corrected chi connectivity index (χ1v) is 6.62. The van der Waals surface area contributed by atoms with Gasteiger partial charge in [-0.1, -0.05) is 44.2 Å². The van der Waals surface area contributed by atoms with Gasteiger partial charge in [-0.05, 0) is 23.7 Å². The van der Waals surface area contributed by atoms with E-state index in [9.17, 15) is 4.79 Å². The third kappa shape index (κ3) is 5.26. The number of nitrogens with one attached hydrogen (secondary N) is 2. The van der Waals surface area contributed by atoms with E-state index in [1.807, 2.05) is 30.3 Å². The van der Waals surface area contributed by atoms with Crippen molar-refractivity contribution < 1.29 is 9.53 Å². The van der Waals surface area contributed by atoms with E-state index in [1.165, 1.54) is 7.11 Å². The minimum Gasteiger partial charge on any atom is -0.467 e. The average Bonchev–Trinajstić information content (AvgIpc) is 2.42. The second-order valence-corrected chi connectivity index (χ2v) is 5.02. The summed E-state index contributed by atoms with van der Waals surface area (Å²) < 4.78 is 4.80. The molecule has 1 atom stereocenters. The Balaban J connectivity index is 2.71. The number of thiocarbonyl (C=S) groups is 1. The fraction of sp³-hybridized carbons (Fsp3) is 0.429. The van der Waals surface area contributed by atoms with E-state index in [-0.39, 0.29) is 5.97 Å². The van der Waals surface area contributed by atoms with E-state index in [4.69, 9.17) is 17.0 Å². The zero-order valence-corrected chi connectivity index (χ0v) is 12.3. The number of hydrogen-bond donors (Lipinski definition) is 2. The molecule has 5 heteroatoms. The zero-order chi connectivity index (χ0) is 14.3. The smallest absolute Gasteiger partial charge is 0.333 e. The van der Waals surface area contributed by atoms with Crippen LogP contribution in [0.4, 0.5) is 0 Å².